The van der Waals surface area contributed by atoms with E-state index in [1.165, 1.54) is 13.4 Å². The van der Waals surface area contributed by atoms with E-state index in [9.17, 15) is 14.9 Å². The minimum absolute atomic E-state index is 0.0332. The lowest BCUT2D eigenvalue weighted by Gasteiger charge is -2.19. The summed E-state index contributed by atoms with van der Waals surface area (Å²) in [4.78, 5) is 32.9. The molecule has 0 aliphatic rings. The molecule has 0 amide bonds. The number of carbonyl (C=O) groups is 1. The number of hydrogen-bond donors (Lipinski definition) is 1. The first-order valence-electron chi connectivity index (χ1n) is 8.25. The summed E-state index contributed by atoms with van der Waals surface area (Å²) >= 11 is 0. The quantitative estimate of drug-likeness (QED) is 0.392. The lowest BCUT2D eigenvalue weighted by Crippen LogP contribution is -2.15. The number of nitrogens with one attached hydrogen (secondary N) is 1. The van der Waals surface area contributed by atoms with Gasteiger partial charge in [-0.3, -0.25) is 10.1 Å². The van der Waals surface area contributed by atoms with Crippen LogP contribution in [0.3, 0.4) is 0 Å². The summed E-state index contributed by atoms with van der Waals surface area (Å²) in [5.74, 6) is -0.486. The van der Waals surface area contributed by atoms with Crippen molar-refractivity contribution in [3.63, 3.8) is 0 Å². The van der Waals surface area contributed by atoms with Gasteiger partial charge < -0.3 is 15.0 Å². The SMILES string of the molecule is COC(=O)c1ccccc1Nc1ncnc(N(C)c2ccccc2)c1[N+](=O)[O-]. The van der Waals surface area contributed by atoms with Gasteiger partial charge in [0.1, 0.15) is 6.33 Å². The van der Waals surface area contributed by atoms with E-state index in [1.807, 2.05) is 30.3 Å². The predicted molar refractivity (Wildman–Crippen MR) is 104 cm³/mol. The molecule has 3 rings (SSSR count). The third-order valence-electron chi connectivity index (χ3n) is 4.03. The van der Waals surface area contributed by atoms with Gasteiger partial charge in [-0.25, -0.2) is 14.8 Å². The fraction of sp³-hybridized carbons (Fsp3) is 0.105. The van der Waals surface area contributed by atoms with Crippen LogP contribution < -0.4 is 10.2 Å². The molecule has 0 bridgehead atoms. The number of nitrogens with zero attached hydrogens (tertiary/aromatic N) is 4. The highest BCUT2D eigenvalue weighted by Gasteiger charge is 2.27. The van der Waals surface area contributed by atoms with Crippen molar-refractivity contribution < 1.29 is 14.5 Å². The van der Waals surface area contributed by atoms with E-state index in [2.05, 4.69) is 15.3 Å². The zero-order valence-electron chi connectivity index (χ0n) is 15.2. The largest absolute Gasteiger partial charge is 0.465 e. The molecule has 0 aliphatic heterocycles. The average molecular weight is 379 g/mol. The number of hydrogen-bond acceptors (Lipinski definition) is 8. The summed E-state index contributed by atoms with van der Waals surface area (Å²) in [6.45, 7) is 0. The number of methoxy groups -OCH3 is 1. The van der Waals surface area contributed by atoms with E-state index in [1.54, 1.807) is 36.2 Å². The maximum absolute atomic E-state index is 12.0. The van der Waals surface area contributed by atoms with Crippen LogP contribution in [-0.2, 0) is 4.74 Å². The lowest BCUT2D eigenvalue weighted by atomic mass is 10.2. The third kappa shape index (κ3) is 3.73. The third-order valence-corrected chi connectivity index (χ3v) is 4.03. The number of aromatic nitrogens is 2. The normalized spacial score (nSPS) is 10.2. The summed E-state index contributed by atoms with van der Waals surface area (Å²) in [5.41, 5.74) is 0.985. The van der Waals surface area contributed by atoms with Crippen molar-refractivity contribution in [1.29, 1.82) is 0 Å². The molecule has 9 heteroatoms. The standard InChI is InChI=1S/C19H17N5O4/c1-23(13-8-4-3-5-9-13)18-16(24(26)27)17(20-12-21-18)22-15-11-7-6-10-14(15)19(25)28-2/h3-12H,1-2H3,(H,20,21,22). The van der Waals surface area contributed by atoms with Crippen LogP contribution in [0.5, 0.6) is 0 Å². The van der Waals surface area contributed by atoms with E-state index in [-0.39, 0.29) is 22.9 Å². The molecular weight excluding hydrogens is 362 g/mol. The Hall–Kier alpha value is -4.01. The molecule has 0 aliphatic carbocycles. The molecule has 3 aromatic rings. The molecule has 142 valence electrons. The van der Waals surface area contributed by atoms with Gasteiger partial charge in [0.25, 0.3) is 0 Å². The van der Waals surface area contributed by atoms with Crippen molar-refractivity contribution in [3.05, 3.63) is 76.6 Å². The van der Waals surface area contributed by atoms with Gasteiger partial charge in [0, 0.05) is 12.7 Å². The van der Waals surface area contributed by atoms with E-state index in [4.69, 9.17) is 4.74 Å². The molecule has 0 radical (unpaired) electrons. The number of para-hydroxylation sites is 2. The van der Waals surface area contributed by atoms with Crippen molar-refractivity contribution >= 4 is 34.7 Å². The zero-order valence-corrected chi connectivity index (χ0v) is 15.2. The first-order valence-corrected chi connectivity index (χ1v) is 8.25. The van der Waals surface area contributed by atoms with Crippen LogP contribution in [0.25, 0.3) is 0 Å². The van der Waals surface area contributed by atoms with Gasteiger partial charge in [0.15, 0.2) is 0 Å². The lowest BCUT2D eigenvalue weighted by molar-refractivity contribution is -0.383. The number of anilines is 4. The molecule has 28 heavy (non-hydrogen) atoms. The van der Waals surface area contributed by atoms with E-state index < -0.39 is 10.9 Å². The van der Waals surface area contributed by atoms with Gasteiger partial charge in [0.2, 0.25) is 11.6 Å². The van der Waals surface area contributed by atoms with Gasteiger partial charge in [-0.15, -0.1) is 0 Å². The zero-order chi connectivity index (χ0) is 20.1. The second-order valence-corrected chi connectivity index (χ2v) is 5.71. The Kier molecular flexibility index (Phi) is 5.45. The highest BCUT2D eigenvalue weighted by Crippen LogP contribution is 2.36. The Labute approximate surface area is 160 Å². The topological polar surface area (TPSA) is 110 Å². The molecule has 2 aromatic carbocycles. The predicted octanol–water partition coefficient (Wildman–Crippen LogP) is 3.68. The highest BCUT2D eigenvalue weighted by molar-refractivity contribution is 5.96. The van der Waals surface area contributed by atoms with Crippen LogP contribution in [-0.4, -0.2) is 35.0 Å². The van der Waals surface area contributed by atoms with Crippen molar-refractivity contribution in [2.24, 2.45) is 0 Å². The Balaban J connectivity index is 2.07. The van der Waals surface area contributed by atoms with Crippen LogP contribution >= 0.6 is 0 Å². The fourth-order valence-corrected chi connectivity index (χ4v) is 2.66. The van der Waals surface area contributed by atoms with Crippen LogP contribution in [0.15, 0.2) is 60.9 Å². The Bertz CT molecular complexity index is 1010. The summed E-state index contributed by atoms with van der Waals surface area (Å²) in [6.07, 6.45) is 1.23. The van der Waals surface area contributed by atoms with Crippen LogP contribution in [0, 0.1) is 10.1 Å². The van der Waals surface area contributed by atoms with Gasteiger partial charge >= 0.3 is 11.7 Å². The first kappa shape index (κ1) is 18.8. The molecule has 1 N–H and O–H groups in total. The number of nitro groups is 1. The number of rotatable bonds is 6. The molecule has 0 unspecified atom stereocenters. The van der Waals surface area contributed by atoms with Crippen LogP contribution in [0.2, 0.25) is 0 Å². The Morgan fingerprint density at radius 1 is 1.11 bits per heavy atom. The van der Waals surface area contributed by atoms with Crippen molar-refractivity contribution in [1.82, 2.24) is 9.97 Å². The number of carbonyl (C=O) groups excluding carboxylic acids is 1. The van der Waals surface area contributed by atoms with Gasteiger partial charge in [-0.1, -0.05) is 30.3 Å². The second kappa shape index (κ2) is 8.12. The van der Waals surface area contributed by atoms with Crippen molar-refractivity contribution in [3.8, 4) is 0 Å². The smallest absolute Gasteiger partial charge is 0.354 e. The van der Waals surface area contributed by atoms with Crippen LogP contribution in [0.1, 0.15) is 10.4 Å². The van der Waals surface area contributed by atoms with Crippen molar-refractivity contribution in [2.75, 3.05) is 24.4 Å². The van der Waals surface area contributed by atoms with E-state index >= 15 is 0 Å². The second-order valence-electron chi connectivity index (χ2n) is 5.71. The molecule has 0 spiro atoms. The number of benzene rings is 2. The summed E-state index contributed by atoms with van der Waals surface area (Å²) in [6, 6.07) is 15.6. The van der Waals surface area contributed by atoms with Crippen molar-refractivity contribution in [2.45, 2.75) is 0 Å². The summed E-state index contributed by atoms with van der Waals surface area (Å²) < 4.78 is 4.76. The van der Waals surface area contributed by atoms with E-state index in [0.717, 1.165) is 5.69 Å². The summed E-state index contributed by atoms with van der Waals surface area (Å²) in [7, 11) is 2.94. The van der Waals surface area contributed by atoms with Gasteiger partial charge in [-0.2, -0.15) is 0 Å². The minimum atomic E-state index is -0.568. The highest BCUT2D eigenvalue weighted by atomic mass is 16.6. The Morgan fingerprint density at radius 3 is 2.46 bits per heavy atom. The van der Waals surface area contributed by atoms with E-state index in [0.29, 0.717) is 5.69 Å². The molecular formula is C19H17N5O4. The van der Waals surface area contributed by atoms with Gasteiger partial charge in [0.05, 0.1) is 23.3 Å². The first-order chi connectivity index (χ1) is 13.5. The summed E-state index contributed by atoms with van der Waals surface area (Å²) in [5, 5.41) is 14.7. The molecule has 0 fully saturated rings. The fourth-order valence-electron chi connectivity index (χ4n) is 2.66. The molecule has 0 saturated carbocycles. The molecule has 9 nitrogen and oxygen atoms in total. The monoisotopic (exact) mass is 379 g/mol. The van der Waals surface area contributed by atoms with Crippen LogP contribution in [0.4, 0.5) is 28.7 Å². The number of ether oxygens (including phenoxy) is 1. The molecule has 0 atom stereocenters. The molecule has 1 heterocycles. The van der Waals surface area contributed by atoms with Gasteiger partial charge in [-0.05, 0) is 24.3 Å². The Morgan fingerprint density at radius 2 is 1.79 bits per heavy atom. The number of esters is 1. The molecule has 1 aromatic heterocycles. The molecule has 0 saturated heterocycles. The maximum atomic E-state index is 12.0. The minimum Gasteiger partial charge on any atom is -0.465 e. The maximum Gasteiger partial charge on any atom is 0.354 e. The average Bonchev–Trinajstić information content (AvgIpc) is 2.73.